The van der Waals surface area contributed by atoms with Gasteiger partial charge in [-0.3, -0.25) is 5.41 Å². The summed E-state index contributed by atoms with van der Waals surface area (Å²) in [7, 11) is 1.96. The van der Waals surface area contributed by atoms with Crippen LogP contribution in [0, 0.1) is 12.3 Å². The minimum Gasteiger partial charge on any atom is -0.315 e. The number of hydrogen-bond acceptors (Lipinski definition) is 1. The first-order valence-electron chi connectivity index (χ1n) is 8.65. The Morgan fingerprint density at radius 3 is 2.16 bits per heavy atom. The molecule has 0 spiro atoms. The number of anilines is 2. The van der Waals surface area contributed by atoms with Crippen molar-refractivity contribution < 1.29 is 0 Å². The Morgan fingerprint density at radius 2 is 1.44 bits per heavy atom. The lowest BCUT2D eigenvalue weighted by Crippen LogP contribution is -2.46. The molecule has 0 aliphatic carbocycles. The third-order valence-electron chi connectivity index (χ3n) is 4.57. The smallest absolute Gasteiger partial charge is 0.202 e. The van der Waals surface area contributed by atoms with E-state index in [1.165, 1.54) is 10.8 Å². The summed E-state index contributed by atoms with van der Waals surface area (Å²) < 4.78 is 0. The zero-order valence-electron chi connectivity index (χ0n) is 15.3. The summed E-state index contributed by atoms with van der Waals surface area (Å²) in [5.41, 5.74) is 3.29. The van der Waals surface area contributed by atoms with Gasteiger partial charge < -0.3 is 9.80 Å². The molecule has 128 valence electrons. The number of para-hydroxylation sites is 1. The largest absolute Gasteiger partial charge is 0.315 e. The highest BCUT2D eigenvalue weighted by atomic mass is 15.4. The van der Waals surface area contributed by atoms with E-state index in [4.69, 9.17) is 5.41 Å². The van der Waals surface area contributed by atoms with E-state index in [9.17, 15) is 0 Å². The molecule has 0 bridgehead atoms. The molecule has 0 saturated heterocycles. The lowest BCUT2D eigenvalue weighted by molar-refractivity contribution is 0.796. The quantitative estimate of drug-likeness (QED) is 0.512. The molecule has 0 atom stereocenters. The second-order valence-electron chi connectivity index (χ2n) is 6.63. The molecule has 25 heavy (non-hydrogen) atoms. The van der Waals surface area contributed by atoms with Crippen LogP contribution in [0.5, 0.6) is 0 Å². The van der Waals surface area contributed by atoms with Gasteiger partial charge >= 0.3 is 0 Å². The van der Waals surface area contributed by atoms with Gasteiger partial charge in [0.05, 0.1) is 5.69 Å². The highest BCUT2D eigenvalue weighted by Crippen LogP contribution is 2.30. The summed E-state index contributed by atoms with van der Waals surface area (Å²) in [5.74, 6) is 0.473. The van der Waals surface area contributed by atoms with Gasteiger partial charge in [0, 0.05) is 24.2 Å². The number of rotatable bonds is 3. The van der Waals surface area contributed by atoms with Gasteiger partial charge in [-0.15, -0.1) is 0 Å². The maximum absolute atomic E-state index is 8.88. The Balaban J connectivity index is 2.07. The molecule has 3 aromatic rings. The molecule has 0 aliphatic heterocycles. The van der Waals surface area contributed by atoms with Crippen LogP contribution in [0.2, 0.25) is 0 Å². The number of nitrogens with zero attached hydrogens (tertiary/aromatic N) is 2. The monoisotopic (exact) mass is 331 g/mol. The summed E-state index contributed by atoms with van der Waals surface area (Å²) in [6.07, 6.45) is 0. The number of guanidine groups is 1. The Kier molecular flexibility index (Phi) is 4.75. The number of benzene rings is 3. The first-order valence-corrected chi connectivity index (χ1v) is 8.65. The second kappa shape index (κ2) is 6.98. The lowest BCUT2D eigenvalue weighted by Gasteiger charge is -2.35. The molecule has 3 aromatic carbocycles. The molecule has 0 heterocycles. The van der Waals surface area contributed by atoms with Crippen LogP contribution < -0.4 is 9.80 Å². The van der Waals surface area contributed by atoms with Crippen LogP contribution in [0.25, 0.3) is 10.8 Å². The van der Waals surface area contributed by atoms with E-state index < -0.39 is 0 Å². The van der Waals surface area contributed by atoms with E-state index in [-0.39, 0.29) is 6.04 Å². The minimum absolute atomic E-state index is 0.171. The maximum Gasteiger partial charge on any atom is 0.202 e. The Hall–Kier alpha value is -2.81. The normalized spacial score (nSPS) is 10.9. The number of fused-ring (bicyclic) bond motifs is 1. The summed E-state index contributed by atoms with van der Waals surface area (Å²) in [6.45, 7) is 6.33. The van der Waals surface area contributed by atoms with E-state index in [0.717, 1.165) is 16.9 Å². The van der Waals surface area contributed by atoms with Gasteiger partial charge in [-0.25, -0.2) is 0 Å². The molecule has 3 nitrogen and oxygen atoms in total. The molecule has 0 amide bonds. The fourth-order valence-electron chi connectivity index (χ4n) is 3.27. The van der Waals surface area contributed by atoms with E-state index >= 15 is 0 Å². The highest BCUT2D eigenvalue weighted by molar-refractivity contribution is 6.10. The van der Waals surface area contributed by atoms with Gasteiger partial charge in [0.2, 0.25) is 5.96 Å². The van der Waals surface area contributed by atoms with Crippen LogP contribution in [0.4, 0.5) is 11.4 Å². The van der Waals surface area contributed by atoms with Gasteiger partial charge in [0.25, 0.3) is 0 Å². The molecule has 0 radical (unpaired) electrons. The Morgan fingerprint density at radius 1 is 0.840 bits per heavy atom. The molecule has 1 N–H and O–H groups in total. The SMILES string of the molecule is Cc1ccccc1N(C)C(=N)N(c1cccc2ccccc12)C(C)C. The summed E-state index contributed by atoms with van der Waals surface area (Å²) >= 11 is 0. The van der Waals surface area contributed by atoms with Crippen LogP contribution >= 0.6 is 0 Å². The lowest BCUT2D eigenvalue weighted by atomic mass is 10.1. The minimum atomic E-state index is 0.171. The first kappa shape index (κ1) is 17.0. The fraction of sp³-hybridized carbons (Fsp3) is 0.227. The summed E-state index contributed by atoms with van der Waals surface area (Å²) in [4.78, 5) is 4.05. The van der Waals surface area contributed by atoms with Crippen LogP contribution in [-0.2, 0) is 0 Å². The Bertz CT molecular complexity index is 893. The van der Waals surface area contributed by atoms with Crippen LogP contribution in [0.3, 0.4) is 0 Å². The Labute approximate surface area is 150 Å². The van der Waals surface area contributed by atoms with Crippen molar-refractivity contribution in [2.45, 2.75) is 26.8 Å². The number of hydrogen-bond donors (Lipinski definition) is 1. The average Bonchev–Trinajstić information content (AvgIpc) is 2.61. The van der Waals surface area contributed by atoms with Crippen LogP contribution in [0.1, 0.15) is 19.4 Å². The van der Waals surface area contributed by atoms with E-state index in [2.05, 4.69) is 80.3 Å². The molecular weight excluding hydrogens is 306 g/mol. The third-order valence-corrected chi connectivity index (χ3v) is 4.57. The van der Waals surface area contributed by atoms with Crippen LogP contribution in [-0.4, -0.2) is 19.0 Å². The molecule has 0 aromatic heterocycles. The number of aryl methyl sites for hydroxylation is 1. The van der Waals surface area contributed by atoms with Crippen molar-refractivity contribution in [3.8, 4) is 0 Å². The van der Waals surface area contributed by atoms with Crippen molar-refractivity contribution in [2.24, 2.45) is 0 Å². The van der Waals surface area contributed by atoms with E-state index in [0.29, 0.717) is 5.96 Å². The third kappa shape index (κ3) is 3.22. The van der Waals surface area contributed by atoms with Crippen molar-refractivity contribution >= 4 is 28.1 Å². The first-order chi connectivity index (χ1) is 12.0. The second-order valence-corrected chi connectivity index (χ2v) is 6.63. The van der Waals surface area contributed by atoms with Gasteiger partial charge in [0.1, 0.15) is 0 Å². The molecule has 0 aliphatic rings. The summed E-state index contributed by atoms with van der Waals surface area (Å²) in [5, 5.41) is 11.2. The average molecular weight is 331 g/mol. The maximum atomic E-state index is 8.88. The van der Waals surface area contributed by atoms with E-state index in [1.54, 1.807) is 0 Å². The van der Waals surface area contributed by atoms with Crippen molar-refractivity contribution in [1.82, 2.24) is 0 Å². The highest BCUT2D eigenvalue weighted by Gasteiger charge is 2.22. The molecule has 3 heteroatoms. The van der Waals surface area contributed by atoms with Gasteiger partial charge in [-0.05, 0) is 43.9 Å². The van der Waals surface area contributed by atoms with Gasteiger partial charge in [-0.2, -0.15) is 0 Å². The molecule has 0 fully saturated rings. The molecule has 0 saturated carbocycles. The molecule has 3 rings (SSSR count). The van der Waals surface area contributed by atoms with Gasteiger partial charge in [-0.1, -0.05) is 54.6 Å². The van der Waals surface area contributed by atoms with Crippen LogP contribution in [0.15, 0.2) is 66.7 Å². The van der Waals surface area contributed by atoms with Crippen molar-refractivity contribution in [1.29, 1.82) is 5.41 Å². The zero-order valence-corrected chi connectivity index (χ0v) is 15.3. The molecule has 0 unspecified atom stereocenters. The standard InChI is InChI=1S/C22H25N3/c1-16(2)25(21-15-9-12-18-11-6-7-13-19(18)21)22(23)24(4)20-14-8-5-10-17(20)3/h5-16,23H,1-4H3. The topological polar surface area (TPSA) is 30.3 Å². The number of nitrogens with one attached hydrogen (secondary N) is 1. The van der Waals surface area contributed by atoms with Crippen molar-refractivity contribution in [3.05, 3.63) is 72.3 Å². The summed E-state index contributed by atoms with van der Waals surface area (Å²) in [6, 6.07) is 23.0. The molecular formula is C22H25N3. The fourth-order valence-corrected chi connectivity index (χ4v) is 3.27. The van der Waals surface area contributed by atoms with Crippen molar-refractivity contribution in [2.75, 3.05) is 16.8 Å². The predicted octanol–water partition coefficient (Wildman–Crippen LogP) is 5.43. The van der Waals surface area contributed by atoms with Gasteiger partial charge in [0.15, 0.2) is 0 Å². The van der Waals surface area contributed by atoms with E-state index in [1.807, 2.05) is 24.1 Å². The zero-order chi connectivity index (χ0) is 18.0. The van der Waals surface area contributed by atoms with Crippen molar-refractivity contribution in [3.63, 3.8) is 0 Å². The predicted molar refractivity (Wildman–Crippen MR) is 109 cm³/mol.